The molecule has 0 radical (unpaired) electrons. The second kappa shape index (κ2) is 7.81. The molecule has 0 bridgehead atoms. The first-order valence-electron chi connectivity index (χ1n) is 9.76. The van der Waals surface area contributed by atoms with Crippen molar-refractivity contribution in [3.8, 4) is 5.75 Å². The van der Waals surface area contributed by atoms with Crippen LogP contribution in [0.4, 0.5) is 0 Å². The fourth-order valence-corrected chi connectivity index (χ4v) is 4.22. The topological polar surface area (TPSA) is 78.9 Å². The first kappa shape index (κ1) is 19.4. The Morgan fingerprint density at radius 2 is 2.10 bits per heavy atom. The van der Waals surface area contributed by atoms with Gasteiger partial charge < -0.3 is 4.74 Å². The van der Waals surface area contributed by atoms with Gasteiger partial charge in [-0.05, 0) is 29.3 Å². The summed E-state index contributed by atoms with van der Waals surface area (Å²) in [6.45, 7) is 4.39. The van der Waals surface area contributed by atoms with Crippen molar-refractivity contribution in [2.24, 2.45) is 5.92 Å². The predicted molar refractivity (Wildman–Crippen MR) is 109 cm³/mol. The number of amides is 1. The maximum Gasteiger partial charge on any atom is 0.267 e. The molecule has 1 spiro atoms. The highest BCUT2D eigenvalue weighted by Crippen LogP contribution is 2.42. The van der Waals surface area contributed by atoms with Crippen molar-refractivity contribution in [3.63, 3.8) is 0 Å². The minimum Gasteiger partial charge on any atom is -0.484 e. The van der Waals surface area contributed by atoms with E-state index >= 15 is 0 Å². The number of carbonyl (C=O) groups excluding carboxylic acids is 2. The molecule has 150 valence electrons. The molecule has 2 atom stereocenters. The van der Waals surface area contributed by atoms with E-state index in [0.29, 0.717) is 23.4 Å². The summed E-state index contributed by atoms with van der Waals surface area (Å²) in [5.41, 5.74) is 3.53. The smallest absolute Gasteiger partial charge is 0.267 e. The maximum atomic E-state index is 13.1. The van der Waals surface area contributed by atoms with Crippen LogP contribution < -0.4 is 10.2 Å². The molecule has 0 aliphatic carbocycles. The lowest BCUT2D eigenvalue weighted by Crippen LogP contribution is -2.51. The van der Waals surface area contributed by atoms with Gasteiger partial charge >= 0.3 is 0 Å². The van der Waals surface area contributed by atoms with Crippen molar-refractivity contribution in [3.05, 3.63) is 71.3 Å². The average Bonchev–Trinajstić information content (AvgIpc) is 3.14. The lowest BCUT2D eigenvalue weighted by Gasteiger charge is -2.40. The Kier molecular flexibility index (Phi) is 5.22. The van der Waals surface area contributed by atoms with Crippen LogP contribution in [-0.2, 0) is 11.3 Å². The summed E-state index contributed by atoms with van der Waals surface area (Å²) in [6.07, 6.45) is 3.56. The Labute approximate surface area is 169 Å². The molecule has 0 aromatic heterocycles. The molecule has 0 saturated carbocycles. The van der Waals surface area contributed by atoms with Crippen LogP contribution in [0.2, 0.25) is 0 Å². The van der Waals surface area contributed by atoms with Crippen LogP contribution in [0, 0.1) is 5.92 Å². The maximum absolute atomic E-state index is 13.1. The lowest BCUT2D eigenvalue weighted by atomic mass is 9.79. The van der Waals surface area contributed by atoms with Crippen LogP contribution in [0.25, 0.3) is 6.08 Å². The molecule has 1 amide bonds. The minimum atomic E-state index is -0.623. The van der Waals surface area contributed by atoms with Gasteiger partial charge in [0.25, 0.3) is 5.91 Å². The standard InChI is InChI=1S/C23H24N2O4/c1-16-22(27)19-13-17(8-10-21(26)24-28)7-9-20(19)29-23(16)11-12-25(15-23)14-18-5-3-2-4-6-18/h2-10,13,16,28H,11-12,14-15H2,1H3,(H,24,26)/b10-8+/t16-,23?/m0/s1. The summed E-state index contributed by atoms with van der Waals surface area (Å²) in [5.74, 6) is -0.217. The number of nitrogens with one attached hydrogen (secondary N) is 1. The number of Topliss-reactive ketones (excluding diaryl/α,β-unsaturated/α-hetero) is 1. The van der Waals surface area contributed by atoms with Crippen LogP contribution in [-0.4, -0.2) is 40.5 Å². The second-order valence-corrected chi connectivity index (χ2v) is 7.76. The van der Waals surface area contributed by atoms with E-state index in [0.717, 1.165) is 19.5 Å². The van der Waals surface area contributed by atoms with Crippen molar-refractivity contribution in [1.29, 1.82) is 0 Å². The molecular formula is C23H24N2O4. The summed E-state index contributed by atoms with van der Waals surface area (Å²) < 4.78 is 6.43. The summed E-state index contributed by atoms with van der Waals surface area (Å²) in [4.78, 5) is 26.7. The Bertz CT molecular complexity index is 957. The van der Waals surface area contributed by atoms with Crippen molar-refractivity contribution in [1.82, 2.24) is 10.4 Å². The summed E-state index contributed by atoms with van der Waals surface area (Å²) in [7, 11) is 0. The number of rotatable bonds is 4. The van der Waals surface area contributed by atoms with Crippen molar-refractivity contribution < 1.29 is 19.5 Å². The third-order valence-electron chi connectivity index (χ3n) is 5.89. The van der Waals surface area contributed by atoms with Crippen LogP contribution in [0.3, 0.4) is 0 Å². The van der Waals surface area contributed by atoms with Gasteiger partial charge in [0.15, 0.2) is 5.78 Å². The van der Waals surface area contributed by atoms with Gasteiger partial charge in [0.2, 0.25) is 0 Å². The molecule has 1 saturated heterocycles. The van der Waals surface area contributed by atoms with Gasteiger partial charge in [-0.25, -0.2) is 5.48 Å². The zero-order chi connectivity index (χ0) is 20.4. The number of hydroxylamine groups is 1. The number of likely N-dealkylation sites (tertiary alicyclic amines) is 1. The fraction of sp³-hybridized carbons (Fsp3) is 0.304. The monoisotopic (exact) mass is 392 g/mol. The highest BCUT2D eigenvalue weighted by atomic mass is 16.5. The van der Waals surface area contributed by atoms with Crippen LogP contribution >= 0.6 is 0 Å². The second-order valence-electron chi connectivity index (χ2n) is 7.76. The SMILES string of the molecule is C[C@H]1C(=O)c2cc(/C=C/C(=O)NO)ccc2OC12CCN(Cc1ccccc1)C2. The van der Waals surface area contributed by atoms with E-state index in [2.05, 4.69) is 17.0 Å². The third-order valence-corrected chi connectivity index (χ3v) is 5.89. The number of carbonyl (C=O) groups is 2. The predicted octanol–water partition coefficient (Wildman–Crippen LogP) is 3.06. The number of nitrogens with zero attached hydrogens (tertiary/aromatic N) is 1. The van der Waals surface area contributed by atoms with Crippen LogP contribution in [0.1, 0.15) is 34.8 Å². The largest absolute Gasteiger partial charge is 0.484 e. The number of ether oxygens (including phenoxy) is 1. The molecule has 6 heteroatoms. The minimum absolute atomic E-state index is 0.0645. The van der Waals surface area contributed by atoms with Gasteiger partial charge in [-0.3, -0.25) is 19.7 Å². The molecule has 1 fully saturated rings. The van der Waals surface area contributed by atoms with Gasteiger partial charge in [0, 0.05) is 32.1 Å². The summed E-state index contributed by atoms with van der Waals surface area (Å²) in [5, 5.41) is 8.59. The third kappa shape index (κ3) is 3.81. The van der Waals surface area contributed by atoms with Gasteiger partial charge in [-0.15, -0.1) is 0 Å². The highest BCUT2D eigenvalue weighted by Gasteiger charge is 2.51. The molecule has 2 aromatic rings. The molecule has 4 rings (SSSR count). The average molecular weight is 392 g/mol. The number of hydrogen-bond acceptors (Lipinski definition) is 5. The number of benzene rings is 2. The molecule has 29 heavy (non-hydrogen) atoms. The fourth-order valence-electron chi connectivity index (χ4n) is 4.22. The van der Waals surface area contributed by atoms with E-state index in [9.17, 15) is 9.59 Å². The Balaban J connectivity index is 1.54. The Morgan fingerprint density at radius 3 is 2.86 bits per heavy atom. The molecule has 1 unspecified atom stereocenters. The van der Waals surface area contributed by atoms with Crippen molar-refractivity contribution in [2.45, 2.75) is 25.5 Å². The molecule has 2 aliphatic rings. The first-order chi connectivity index (χ1) is 14.0. The van der Waals surface area contributed by atoms with Crippen molar-refractivity contribution >= 4 is 17.8 Å². The molecule has 6 nitrogen and oxygen atoms in total. The van der Waals surface area contributed by atoms with Gasteiger partial charge in [0.1, 0.15) is 11.4 Å². The summed E-state index contributed by atoms with van der Waals surface area (Å²) in [6, 6.07) is 15.6. The zero-order valence-corrected chi connectivity index (χ0v) is 16.3. The Morgan fingerprint density at radius 1 is 1.31 bits per heavy atom. The normalized spacial score (nSPS) is 23.9. The highest BCUT2D eigenvalue weighted by molar-refractivity contribution is 6.02. The molecule has 2 N–H and O–H groups in total. The van der Waals surface area contributed by atoms with Gasteiger partial charge in [-0.2, -0.15) is 0 Å². The van der Waals surface area contributed by atoms with Gasteiger partial charge in [0.05, 0.1) is 11.5 Å². The van der Waals surface area contributed by atoms with Crippen LogP contribution in [0.15, 0.2) is 54.6 Å². The van der Waals surface area contributed by atoms with E-state index < -0.39 is 11.5 Å². The van der Waals surface area contributed by atoms with Gasteiger partial charge in [-0.1, -0.05) is 43.3 Å². The molecule has 2 heterocycles. The quantitative estimate of drug-likeness (QED) is 0.475. The molecular weight excluding hydrogens is 368 g/mol. The number of fused-ring (bicyclic) bond motifs is 1. The lowest BCUT2D eigenvalue weighted by molar-refractivity contribution is -0.124. The van der Waals surface area contributed by atoms with E-state index in [1.54, 1.807) is 29.8 Å². The number of ketones is 1. The molecule has 2 aromatic carbocycles. The Hall–Kier alpha value is -2.96. The first-order valence-corrected chi connectivity index (χ1v) is 9.76. The summed E-state index contributed by atoms with van der Waals surface area (Å²) >= 11 is 0. The van der Waals surface area contributed by atoms with E-state index in [1.165, 1.54) is 11.6 Å². The van der Waals surface area contributed by atoms with E-state index in [4.69, 9.17) is 9.94 Å². The molecule has 2 aliphatic heterocycles. The van der Waals surface area contributed by atoms with Crippen molar-refractivity contribution in [2.75, 3.05) is 13.1 Å². The van der Waals surface area contributed by atoms with Crippen LogP contribution in [0.5, 0.6) is 5.75 Å². The van der Waals surface area contributed by atoms with E-state index in [1.807, 2.05) is 25.1 Å². The number of hydrogen-bond donors (Lipinski definition) is 2. The zero-order valence-electron chi connectivity index (χ0n) is 16.3. The van der Waals surface area contributed by atoms with E-state index in [-0.39, 0.29) is 11.7 Å².